The molecule has 0 amide bonds. The molecule has 0 radical (unpaired) electrons. The minimum absolute atomic E-state index is 0.220. The summed E-state index contributed by atoms with van der Waals surface area (Å²) >= 11 is 0. The molecule has 2 N–H and O–H groups in total. The van der Waals surface area contributed by atoms with Gasteiger partial charge in [0, 0.05) is 5.56 Å². The van der Waals surface area contributed by atoms with Crippen LogP contribution in [0, 0.1) is 6.92 Å². The Kier molecular flexibility index (Phi) is 4.05. The highest BCUT2D eigenvalue weighted by Crippen LogP contribution is 2.33. The first-order chi connectivity index (χ1) is 11.2. The molecular formula is C17H16N4O2. The van der Waals surface area contributed by atoms with Crippen LogP contribution in [0.3, 0.4) is 0 Å². The topological polar surface area (TPSA) is 82.6 Å². The Morgan fingerprint density at radius 2 is 1.70 bits per heavy atom. The lowest BCUT2D eigenvalue weighted by Gasteiger charge is -2.06. The summed E-state index contributed by atoms with van der Waals surface area (Å²) in [5, 5.41) is 13.7. The van der Waals surface area contributed by atoms with E-state index in [0.717, 1.165) is 16.8 Å². The first-order valence-corrected chi connectivity index (χ1v) is 7.12. The molecule has 3 aromatic rings. The van der Waals surface area contributed by atoms with Crippen molar-refractivity contribution in [3.8, 4) is 17.0 Å². The van der Waals surface area contributed by atoms with Crippen LogP contribution in [-0.4, -0.2) is 17.3 Å². The van der Waals surface area contributed by atoms with E-state index in [4.69, 9.17) is 4.74 Å². The molecule has 0 fully saturated rings. The number of rotatable bonds is 4. The maximum absolute atomic E-state index is 12.0. The van der Waals surface area contributed by atoms with Gasteiger partial charge in [-0.1, -0.05) is 30.3 Å². The molecule has 0 unspecified atom stereocenters. The van der Waals surface area contributed by atoms with Crippen molar-refractivity contribution < 1.29 is 4.74 Å². The van der Waals surface area contributed by atoms with E-state index in [1.54, 1.807) is 7.11 Å². The number of aromatic nitrogens is 2. The fourth-order valence-electron chi connectivity index (χ4n) is 2.27. The van der Waals surface area contributed by atoms with Crippen molar-refractivity contribution in [2.45, 2.75) is 6.92 Å². The van der Waals surface area contributed by atoms with Crippen molar-refractivity contribution in [2.24, 2.45) is 10.2 Å². The third kappa shape index (κ3) is 2.91. The molecule has 0 bridgehead atoms. The van der Waals surface area contributed by atoms with Gasteiger partial charge in [-0.25, -0.2) is 0 Å². The Balaban J connectivity index is 2.07. The number of H-pyrrole nitrogens is 2. The maximum Gasteiger partial charge on any atom is 0.292 e. The number of hydrogen-bond donors (Lipinski definition) is 2. The molecular weight excluding hydrogens is 292 g/mol. The van der Waals surface area contributed by atoms with E-state index in [0.29, 0.717) is 11.4 Å². The second-order valence-corrected chi connectivity index (χ2v) is 4.99. The van der Waals surface area contributed by atoms with Gasteiger partial charge < -0.3 is 4.74 Å². The highest BCUT2D eigenvalue weighted by atomic mass is 16.5. The zero-order valence-electron chi connectivity index (χ0n) is 12.8. The summed E-state index contributed by atoms with van der Waals surface area (Å²) in [6.07, 6.45) is 0. The highest BCUT2D eigenvalue weighted by molar-refractivity contribution is 5.76. The van der Waals surface area contributed by atoms with E-state index in [1.807, 2.05) is 55.5 Å². The molecule has 0 aliphatic heterocycles. The third-order valence-electron chi connectivity index (χ3n) is 3.50. The van der Waals surface area contributed by atoms with Crippen molar-refractivity contribution in [3.05, 3.63) is 64.4 Å². The highest BCUT2D eigenvalue weighted by Gasteiger charge is 2.15. The van der Waals surface area contributed by atoms with Crippen LogP contribution in [0.25, 0.3) is 11.3 Å². The number of ether oxygens (including phenoxy) is 1. The molecule has 1 aromatic heterocycles. The Hall–Kier alpha value is -3.15. The largest absolute Gasteiger partial charge is 0.496 e. The molecule has 0 atom stereocenters. The van der Waals surface area contributed by atoms with Crippen molar-refractivity contribution in [1.82, 2.24) is 10.2 Å². The predicted molar refractivity (Wildman–Crippen MR) is 88.8 cm³/mol. The molecule has 0 aliphatic rings. The molecule has 6 heteroatoms. The standard InChI is InChI=1S/C17H16N4O2/c1-11-7-3-5-9-13(11)18-20-16-15(19-21-17(16)22)12-8-4-6-10-14(12)23-2/h3-10H,1-2H3,(H2,19,21,22). The van der Waals surface area contributed by atoms with Gasteiger partial charge in [0.25, 0.3) is 5.56 Å². The maximum atomic E-state index is 12.0. The minimum Gasteiger partial charge on any atom is -0.496 e. The summed E-state index contributed by atoms with van der Waals surface area (Å²) < 4.78 is 5.34. The Bertz CT molecular complexity index is 909. The lowest BCUT2D eigenvalue weighted by atomic mass is 10.1. The van der Waals surface area contributed by atoms with Gasteiger partial charge in [0.1, 0.15) is 5.75 Å². The summed E-state index contributed by atoms with van der Waals surface area (Å²) in [7, 11) is 1.58. The third-order valence-corrected chi connectivity index (χ3v) is 3.50. The van der Waals surface area contributed by atoms with Crippen LogP contribution < -0.4 is 10.3 Å². The van der Waals surface area contributed by atoms with Crippen molar-refractivity contribution in [1.29, 1.82) is 0 Å². The van der Waals surface area contributed by atoms with Gasteiger partial charge in [0.15, 0.2) is 5.69 Å². The molecule has 6 nitrogen and oxygen atoms in total. The van der Waals surface area contributed by atoms with Gasteiger partial charge in [0.2, 0.25) is 0 Å². The normalized spacial score (nSPS) is 11.0. The van der Waals surface area contributed by atoms with Gasteiger partial charge in [-0.2, -0.15) is 5.11 Å². The molecule has 0 saturated carbocycles. The number of nitrogens with zero attached hydrogens (tertiary/aromatic N) is 2. The van der Waals surface area contributed by atoms with Crippen LogP contribution in [0.4, 0.5) is 11.4 Å². The average Bonchev–Trinajstić information content (AvgIpc) is 2.95. The lowest BCUT2D eigenvalue weighted by molar-refractivity contribution is 0.416. The summed E-state index contributed by atoms with van der Waals surface area (Å²) in [6, 6.07) is 15.0. The summed E-state index contributed by atoms with van der Waals surface area (Å²) in [6.45, 7) is 1.94. The number of azo groups is 1. The molecule has 23 heavy (non-hydrogen) atoms. The fourth-order valence-corrected chi connectivity index (χ4v) is 2.27. The number of nitrogens with one attached hydrogen (secondary N) is 2. The Morgan fingerprint density at radius 1 is 0.957 bits per heavy atom. The Labute approximate surface area is 132 Å². The Morgan fingerprint density at radius 3 is 2.48 bits per heavy atom. The molecule has 0 saturated heterocycles. The molecule has 2 aromatic carbocycles. The number of aromatic amines is 2. The zero-order chi connectivity index (χ0) is 16.2. The number of benzene rings is 2. The molecule has 0 spiro atoms. The van der Waals surface area contributed by atoms with Crippen LogP contribution in [-0.2, 0) is 0 Å². The summed E-state index contributed by atoms with van der Waals surface area (Å²) in [4.78, 5) is 12.0. The van der Waals surface area contributed by atoms with Crippen LogP contribution in [0.5, 0.6) is 5.75 Å². The number of aryl methyl sites for hydroxylation is 1. The van der Waals surface area contributed by atoms with Gasteiger partial charge in [-0.15, -0.1) is 5.11 Å². The average molecular weight is 308 g/mol. The smallest absolute Gasteiger partial charge is 0.292 e. The summed E-state index contributed by atoms with van der Waals surface area (Å²) in [5.74, 6) is 0.648. The van der Waals surface area contributed by atoms with Crippen molar-refractivity contribution >= 4 is 11.4 Å². The van der Waals surface area contributed by atoms with E-state index >= 15 is 0 Å². The van der Waals surface area contributed by atoms with Gasteiger partial charge >= 0.3 is 0 Å². The van der Waals surface area contributed by atoms with E-state index in [1.165, 1.54) is 0 Å². The number of hydrogen-bond acceptors (Lipinski definition) is 4. The molecule has 1 heterocycles. The van der Waals surface area contributed by atoms with Crippen molar-refractivity contribution in [3.63, 3.8) is 0 Å². The predicted octanol–water partition coefficient (Wildman–Crippen LogP) is 4.10. The SMILES string of the molecule is COc1ccccc1-c1[nH][nH]c(=O)c1N=Nc1ccccc1C. The number of para-hydroxylation sites is 1. The van der Waals surface area contributed by atoms with Gasteiger partial charge in [-0.3, -0.25) is 15.0 Å². The second kappa shape index (κ2) is 6.31. The lowest BCUT2D eigenvalue weighted by Crippen LogP contribution is -1.96. The van der Waals surface area contributed by atoms with Crippen LogP contribution in [0.2, 0.25) is 0 Å². The zero-order valence-corrected chi connectivity index (χ0v) is 12.8. The van der Waals surface area contributed by atoms with E-state index in [9.17, 15) is 4.79 Å². The second-order valence-electron chi connectivity index (χ2n) is 4.99. The quantitative estimate of drug-likeness (QED) is 0.711. The summed E-state index contributed by atoms with van der Waals surface area (Å²) in [5.41, 5.74) is 2.89. The fraction of sp³-hybridized carbons (Fsp3) is 0.118. The number of methoxy groups -OCH3 is 1. The molecule has 116 valence electrons. The molecule has 0 aliphatic carbocycles. The minimum atomic E-state index is -0.330. The molecule has 3 rings (SSSR count). The van der Waals surface area contributed by atoms with Gasteiger partial charge in [0.05, 0.1) is 18.5 Å². The first kappa shape index (κ1) is 14.8. The van der Waals surface area contributed by atoms with E-state index < -0.39 is 0 Å². The van der Waals surface area contributed by atoms with E-state index in [-0.39, 0.29) is 11.2 Å². The van der Waals surface area contributed by atoms with Gasteiger partial charge in [-0.05, 0) is 30.7 Å². The van der Waals surface area contributed by atoms with Crippen LogP contribution in [0.15, 0.2) is 63.6 Å². The van der Waals surface area contributed by atoms with Crippen LogP contribution >= 0.6 is 0 Å². The van der Waals surface area contributed by atoms with Crippen LogP contribution in [0.1, 0.15) is 5.56 Å². The van der Waals surface area contributed by atoms with Crippen molar-refractivity contribution in [2.75, 3.05) is 7.11 Å². The van der Waals surface area contributed by atoms with E-state index in [2.05, 4.69) is 20.4 Å². The first-order valence-electron chi connectivity index (χ1n) is 7.12. The monoisotopic (exact) mass is 308 g/mol.